The van der Waals surface area contributed by atoms with Crippen LogP contribution in [0.3, 0.4) is 0 Å². The minimum absolute atomic E-state index is 0.229. The number of likely N-dealkylation sites (N-methyl/N-ethyl adjacent to an activating group) is 1. The molecule has 8 nitrogen and oxygen atoms in total. The number of amides is 2. The van der Waals surface area contributed by atoms with Gasteiger partial charge in [-0.3, -0.25) is 5.10 Å². The molecule has 130 valence electrons. The van der Waals surface area contributed by atoms with Crippen molar-refractivity contribution in [3.63, 3.8) is 0 Å². The van der Waals surface area contributed by atoms with Crippen molar-refractivity contribution in [3.8, 4) is 17.2 Å². The van der Waals surface area contributed by atoms with Gasteiger partial charge in [-0.25, -0.2) is 4.79 Å². The highest BCUT2D eigenvalue weighted by molar-refractivity contribution is 5.90. The summed E-state index contributed by atoms with van der Waals surface area (Å²) >= 11 is 0. The number of aromatic nitrogens is 2. The third kappa shape index (κ3) is 4.09. The van der Waals surface area contributed by atoms with Crippen LogP contribution in [0.25, 0.3) is 0 Å². The first-order valence-corrected chi connectivity index (χ1v) is 7.38. The van der Waals surface area contributed by atoms with Gasteiger partial charge in [-0.1, -0.05) is 0 Å². The summed E-state index contributed by atoms with van der Waals surface area (Å²) in [5, 5.41) is 9.45. The van der Waals surface area contributed by atoms with Gasteiger partial charge in [0.05, 0.1) is 33.2 Å². The molecule has 0 saturated carbocycles. The molecule has 2 aromatic rings. The number of carbonyl (C=O) groups is 1. The van der Waals surface area contributed by atoms with Crippen LogP contribution >= 0.6 is 0 Å². The molecule has 1 aromatic carbocycles. The zero-order valence-electron chi connectivity index (χ0n) is 14.3. The summed E-state index contributed by atoms with van der Waals surface area (Å²) in [7, 11) is 6.32. The van der Waals surface area contributed by atoms with Gasteiger partial charge in [0, 0.05) is 31.9 Å². The van der Waals surface area contributed by atoms with Crippen LogP contribution in [-0.2, 0) is 6.42 Å². The number of benzene rings is 1. The van der Waals surface area contributed by atoms with Gasteiger partial charge in [0.2, 0.25) is 5.75 Å². The number of hydrogen-bond acceptors (Lipinski definition) is 5. The molecule has 0 fully saturated rings. The molecule has 0 radical (unpaired) electrons. The monoisotopic (exact) mass is 334 g/mol. The molecular formula is C16H22N4O4. The normalized spacial score (nSPS) is 10.2. The number of H-pyrrole nitrogens is 1. The van der Waals surface area contributed by atoms with Crippen LogP contribution in [0.4, 0.5) is 10.5 Å². The van der Waals surface area contributed by atoms with E-state index in [0.29, 0.717) is 29.5 Å². The second-order valence-electron chi connectivity index (χ2n) is 5.12. The number of aromatic amines is 1. The summed E-state index contributed by atoms with van der Waals surface area (Å²) in [6.07, 6.45) is 4.27. The first-order valence-electron chi connectivity index (χ1n) is 7.38. The first-order chi connectivity index (χ1) is 11.6. The van der Waals surface area contributed by atoms with E-state index in [-0.39, 0.29) is 6.03 Å². The van der Waals surface area contributed by atoms with Gasteiger partial charge in [0.1, 0.15) is 0 Å². The van der Waals surface area contributed by atoms with Crippen molar-refractivity contribution in [2.45, 2.75) is 6.42 Å². The SMILES string of the molecule is COc1cc(NC(=O)N(C)CCc2cn[nH]c2)cc(OC)c1OC. The Hall–Kier alpha value is -2.90. The highest BCUT2D eigenvalue weighted by atomic mass is 16.5. The summed E-state index contributed by atoms with van der Waals surface area (Å²) in [5.74, 6) is 1.44. The first kappa shape index (κ1) is 17.5. The van der Waals surface area contributed by atoms with E-state index in [1.807, 2.05) is 6.20 Å². The Morgan fingerprint density at radius 1 is 1.21 bits per heavy atom. The summed E-state index contributed by atoms with van der Waals surface area (Å²) in [5.41, 5.74) is 1.60. The Balaban J connectivity index is 2.04. The van der Waals surface area contributed by atoms with E-state index in [0.717, 1.165) is 12.0 Å². The quantitative estimate of drug-likeness (QED) is 0.810. The molecule has 24 heavy (non-hydrogen) atoms. The maximum absolute atomic E-state index is 12.3. The van der Waals surface area contributed by atoms with Crippen molar-refractivity contribution >= 4 is 11.7 Å². The standard InChI is InChI=1S/C16H22N4O4/c1-20(6-5-11-9-17-18-10-11)16(21)19-12-7-13(22-2)15(24-4)14(8-12)23-3/h7-10H,5-6H2,1-4H3,(H,17,18)(H,19,21). The van der Waals surface area contributed by atoms with E-state index in [9.17, 15) is 4.79 Å². The van der Waals surface area contributed by atoms with Crippen molar-refractivity contribution in [3.05, 3.63) is 30.1 Å². The Bertz CT molecular complexity index is 648. The number of rotatable bonds is 7. The molecule has 2 rings (SSSR count). The average molecular weight is 334 g/mol. The summed E-state index contributed by atoms with van der Waals surface area (Å²) in [6.45, 7) is 0.565. The lowest BCUT2D eigenvalue weighted by atomic mass is 10.2. The van der Waals surface area contributed by atoms with Crippen molar-refractivity contribution in [2.75, 3.05) is 40.2 Å². The lowest BCUT2D eigenvalue weighted by Crippen LogP contribution is -2.32. The Morgan fingerprint density at radius 3 is 2.38 bits per heavy atom. The molecule has 0 aliphatic rings. The molecule has 0 aliphatic carbocycles. The minimum atomic E-state index is -0.229. The van der Waals surface area contributed by atoms with E-state index >= 15 is 0 Å². The fourth-order valence-corrected chi connectivity index (χ4v) is 2.18. The van der Waals surface area contributed by atoms with Gasteiger partial charge in [0.25, 0.3) is 0 Å². The van der Waals surface area contributed by atoms with Crippen molar-refractivity contribution in [1.29, 1.82) is 0 Å². The number of nitrogens with zero attached hydrogens (tertiary/aromatic N) is 2. The molecule has 1 aromatic heterocycles. The number of hydrogen-bond donors (Lipinski definition) is 2. The topological polar surface area (TPSA) is 88.7 Å². The van der Waals surface area contributed by atoms with Gasteiger partial charge >= 0.3 is 6.03 Å². The maximum atomic E-state index is 12.3. The van der Waals surface area contributed by atoms with Crippen molar-refractivity contribution < 1.29 is 19.0 Å². The van der Waals surface area contributed by atoms with Crippen molar-refractivity contribution in [2.24, 2.45) is 0 Å². The van der Waals surface area contributed by atoms with E-state index < -0.39 is 0 Å². The zero-order chi connectivity index (χ0) is 17.5. The maximum Gasteiger partial charge on any atom is 0.321 e. The van der Waals surface area contributed by atoms with Gasteiger partial charge in [-0.2, -0.15) is 5.10 Å². The van der Waals surface area contributed by atoms with Crippen LogP contribution < -0.4 is 19.5 Å². The number of anilines is 1. The molecule has 0 unspecified atom stereocenters. The Morgan fingerprint density at radius 2 is 1.88 bits per heavy atom. The second kappa shape index (κ2) is 8.09. The predicted octanol–water partition coefficient (Wildman–Crippen LogP) is 2.14. The number of carbonyl (C=O) groups excluding carboxylic acids is 1. The smallest absolute Gasteiger partial charge is 0.321 e. The third-order valence-corrected chi connectivity index (χ3v) is 3.55. The van der Waals surface area contributed by atoms with Crippen LogP contribution in [0.5, 0.6) is 17.2 Å². The van der Waals surface area contributed by atoms with E-state index in [1.165, 1.54) is 21.3 Å². The molecular weight excluding hydrogens is 312 g/mol. The largest absolute Gasteiger partial charge is 0.493 e. The summed E-state index contributed by atoms with van der Waals surface area (Å²) in [4.78, 5) is 13.9. The van der Waals surface area contributed by atoms with Crippen LogP contribution in [0, 0.1) is 0 Å². The molecule has 0 spiro atoms. The third-order valence-electron chi connectivity index (χ3n) is 3.55. The molecule has 0 aliphatic heterocycles. The van der Waals surface area contributed by atoms with Gasteiger partial charge in [-0.15, -0.1) is 0 Å². The lowest BCUT2D eigenvalue weighted by Gasteiger charge is -2.19. The van der Waals surface area contributed by atoms with Gasteiger partial charge in [-0.05, 0) is 12.0 Å². The van der Waals surface area contributed by atoms with Crippen LogP contribution in [-0.4, -0.2) is 56.1 Å². The summed E-state index contributed by atoms with van der Waals surface area (Å²) in [6, 6.07) is 3.14. The predicted molar refractivity (Wildman–Crippen MR) is 90.0 cm³/mol. The number of urea groups is 1. The molecule has 2 N–H and O–H groups in total. The van der Waals surface area contributed by atoms with Gasteiger partial charge in [0.15, 0.2) is 11.5 Å². The lowest BCUT2D eigenvalue weighted by molar-refractivity contribution is 0.223. The highest BCUT2D eigenvalue weighted by Gasteiger charge is 2.16. The Kier molecular flexibility index (Phi) is 5.89. The van der Waals surface area contributed by atoms with Crippen molar-refractivity contribution in [1.82, 2.24) is 15.1 Å². The molecule has 0 atom stereocenters. The fraction of sp³-hybridized carbons (Fsp3) is 0.375. The van der Waals surface area contributed by atoms with Crippen LogP contribution in [0.1, 0.15) is 5.56 Å². The van der Waals surface area contributed by atoms with E-state index in [1.54, 1.807) is 30.3 Å². The average Bonchev–Trinajstić information content (AvgIpc) is 3.12. The molecule has 0 bridgehead atoms. The molecule has 1 heterocycles. The minimum Gasteiger partial charge on any atom is -0.493 e. The molecule has 2 amide bonds. The highest BCUT2D eigenvalue weighted by Crippen LogP contribution is 2.39. The number of nitrogens with one attached hydrogen (secondary N) is 2. The van der Waals surface area contributed by atoms with Crippen LogP contribution in [0.2, 0.25) is 0 Å². The second-order valence-corrected chi connectivity index (χ2v) is 5.12. The van der Waals surface area contributed by atoms with Gasteiger partial charge < -0.3 is 24.4 Å². The Labute approximate surface area is 140 Å². The summed E-state index contributed by atoms with van der Waals surface area (Å²) < 4.78 is 15.8. The fourth-order valence-electron chi connectivity index (χ4n) is 2.18. The number of methoxy groups -OCH3 is 3. The number of ether oxygens (including phenoxy) is 3. The van der Waals surface area contributed by atoms with Crippen LogP contribution in [0.15, 0.2) is 24.5 Å². The van der Waals surface area contributed by atoms with E-state index in [2.05, 4.69) is 15.5 Å². The van der Waals surface area contributed by atoms with E-state index in [4.69, 9.17) is 14.2 Å². The zero-order valence-corrected chi connectivity index (χ0v) is 14.3. The molecule has 8 heteroatoms. The molecule has 0 saturated heterocycles.